The summed E-state index contributed by atoms with van der Waals surface area (Å²) < 4.78 is 0. The first kappa shape index (κ1) is 19.3. The second kappa shape index (κ2) is 8.87. The van der Waals surface area contributed by atoms with E-state index in [0.717, 1.165) is 37.5 Å². The molecule has 0 unspecified atom stereocenters. The number of hydrogen-bond donors (Lipinski definition) is 1. The summed E-state index contributed by atoms with van der Waals surface area (Å²) in [6, 6.07) is 8.27. The van der Waals surface area contributed by atoms with Gasteiger partial charge in [0.1, 0.15) is 0 Å². The quantitative estimate of drug-likeness (QED) is 0.827. The molecule has 4 heteroatoms. The Kier molecular flexibility index (Phi) is 7.12. The molecule has 1 saturated heterocycles. The number of hydrogen-bond acceptors (Lipinski definition) is 2. The number of benzene rings is 1. The Bertz CT molecular complexity index is 528. The zero-order valence-electron chi connectivity index (χ0n) is 15.4. The van der Waals surface area contributed by atoms with Crippen molar-refractivity contribution in [2.45, 2.75) is 53.1 Å². The van der Waals surface area contributed by atoms with Crippen LogP contribution < -0.4 is 5.32 Å². The molecular formula is C20H31ClN2O. The molecular weight excluding hydrogens is 320 g/mol. The highest BCUT2D eigenvalue weighted by Crippen LogP contribution is 2.23. The number of likely N-dealkylation sites (tertiary alicyclic amines) is 1. The molecule has 24 heavy (non-hydrogen) atoms. The molecule has 0 atom stereocenters. The van der Waals surface area contributed by atoms with Gasteiger partial charge in [0.05, 0.1) is 0 Å². The van der Waals surface area contributed by atoms with E-state index in [1.54, 1.807) is 0 Å². The number of nitrogens with one attached hydrogen (secondary N) is 1. The Balaban J connectivity index is 1.84. The van der Waals surface area contributed by atoms with Gasteiger partial charge in [-0.2, -0.15) is 0 Å². The maximum atomic E-state index is 12.6. The number of piperidine rings is 1. The van der Waals surface area contributed by atoms with Gasteiger partial charge in [-0.25, -0.2) is 0 Å². The van der Waals surface area contributed by atoms with Crippen LogP contribution in [0.25, 0.3) is 0 Å². The Morgan fingerprint density at radius 1 is 1.17 bits per heavy atom. The van der Waals surface area contributed by atoms with Crippen LogP contribution in [0.2, 0.25) is 5.02 Å². The fraction of sp³-hybridized carbons (Fsp3) is 0.650. The molecule has 134 valence electrons. The van der Waals surface area contributed by atoms with Crippen molar-refractivity contribution in [3.8, 4) is 0 Å². The molecule has 0 aromatic heterocycles. The van der Waals surface area contributed by atoms with Crippen molar-refractivity contribution in [2.24, 2.45) is 17.8 Å². The lowest BCUT2D eigenvalue weighted by Gasteiger charge is -2.33. The first-order valence-corrected chi connectivity index (χ1v) is 9.52. The number of rotatable bonds is 6. The predicted octanol–water partition coefficient (Wildman–Crippen LogP) is 4.35. The molecule has 1 aliphatic heterocycles. The molecule has 0 spiro atoms. The fourth-order valence-corrected chi connectivity index (χ4v) is 3.80. The second-order valence-corrected chi connectivity index (χ2v) is 8.07. The highest BCUT2D eigenvalue weighted by Gasteiger charge is 2.28. The van der Waals surface area contributed by atoms with E-state index >= 15 is 0 Å². The SMILES string of the molecule is CC(C)C(NC(=O)C1CCN(Cc2ccccc2Cl)CC1)C(C)C. The average molecular weight is 351 g/mol. The van der Waals surface area contributed by atoms with Gasteiger partial charge >= 0.3 is 0 Å². The number of halogens is 1. The monoisotopic (exact) mass is 350 g/mol. The lowest BCUT2D eigenvalue weighted by atomic mass is 9.90. The summed E-state index contributed by atoms with van der Waals surface area (Å²) in [5, 5.41) is 4.11. The summed E-state index contributed by atoms with van der Waals surface area (Å²) in [5.41, 5.74) is 1.17. The van der Waals surface area contributed by atoms with Crippen LogP contribution in [-0.4, -0.2) is 29.9 Å². The molecule has 1 aromatic carbocycles. The fourth-order valence-electron chi connectivity index (χ4n) is 3.61. The van der Waals surface area contributed by atoms with Crippen LogP contribution in [0.4, 0.5) is 0 Å². The van der Waals surface area contributed by atoms with Crippen molar-refractivity contribution in [2.75, 3.05) is 13.1 Å². The van der Waals surface area contributed by atoms with Gasteiger partial charge in [-0.1, -0.05) is 57.5 Å². The zero-order valence-corrected chi connectivity index (χ0v) is 16.1. The van der Waals surface area contributed by atoms with E-state index in [2.05, 4.69) is 44.0 Å². The summed E-state index contributed by atoms with van der Waals surface area (Å²) in [4.78, 5) is 15.0. The van der Waals surface area contributed by atoms with Gasteiger partial charge in [0.25, 0.3) is 0 Å². The van der Waals surface area contributed by atoms with Crippen LogP contribution in [0.3, 0.4) is 0 Å². The first-order chi connectivity index (χ1) is 11.4. The van der Waals surface area contributed by atoms with Gasteiger partial charge in [-0.3, -0.25) is 9.69 Å². The maximum Gasteiger partial charge on any atom is 0.223 e. The molecule has 1 N–H and O–H groups in total. The van der Waals surface area contributed by atoms with E-state index in [1.807, 2.05) is 18.2 Å². The van der Waals surface area contributed by atoms with Gasteiger partial charge in [0, 0.05) is 23.5 Å². The Morgan fingerprint density at radius 3 is 2.29 bits per heavy atom. The third kappa shape index (κ3) is 5.22. The molecule has 1 aromatic rings. The summed E-state index contributed by atoms with van der Waals surface area (Å²) in [6.07, 6.45) is 1.86. The van der Waals surface area contributed by atoms with Crippen molar-refractivity contribution in [3.05, 3.63) is 34.9 Å². The Hall–Kier alpha value is -1.06. The zero-order chi connectivity index (χ0) is 17.7. The van der Waals surface area contributed by atoms with E-state index < -0.39 is 0 Å². The summed E-state index contributed by atoms with van der Waals surface area (Å²) in [7, 11) is 0. The van der Waals surface area contributed by atoms with Gasteiger partial charge in [0.2, 0.25) is 5.91 Å². The molecule has 0 saturated carbocycles. The highest BCUT2D eigenvalue weighted by molar-refractivity contribution is 6.31. The topological polar surface area (TPSA) is 32.3 Å². The largest absolute Gasteiger partial charge is 0.353 e. The van der Waals surface area contributed by atoms with Gasteiger partial charge in [-0.15, -0.1) is 0 Å². The summed E-state index contributed by atoms with van der Waals surface area (Å²) >= 11 is 6.25. The number of carbonyl (C=O) groups is 1. The minimum atomic E-state index is 0.146. The molecule has 3 nitrogen and oxygen atoms in total. The molecule has 0 bridgehead atoms. The lowest BCUT2D eigenvalue weighted by molar-refractivity contribution is -0.127. The van der Waals surface area contributed by atoms with E-state index in [1.165, 1.54) is 5.56 Å². The van der Waals surface area contributed by atoms with Crippen molar-refractivity contribution < 1.29 is 4.79 Å². The van der Waals surface area contributed by atoms with Gasteiger partial charge in [0.15, 0.2) is 0 Å². The average Bonchev–Trinajstić information content (AvgIpc) is 2.54. The molecule has 1 aliphatic rings. The molecule has 2 rings (SSSR count). The normalized spacial score (nSPS) is 17.0. The number of carbonyl (C=O) groups excluding carboxylic acids is 1. The molecule has 1 fully saturated rings. The van der Waals surface area contributed by atoms with Crippen LogP contribution in [0.1, 0.15) is 46.1 Å². The third-order valence-electron chi connectivity index (χ3n) is 5.06. The summed E-state index contributed by atoms with van der Waals surface area (Å²) in [5.74, 6) is 1.32. The van der Waals surface area contributed by atoms with Crippen molar-refractivity contribution in [1.82, 2.24) is 10.2 Å². The minimum absolute atomic E-state index is 0.146. The summed E-state index contributed by atoms with van der Waals surface area (Å²) in [6.45, 7) is 11.5. The maximum absolute atomic E-state index is 12.6. The lowest BCUT2D eigenvalue weighted by Crippen LogP contribution is -2.47. The molecule has 1 amide bonds. The minimum Gasteiger partial charge on any atom is -0.353 e. The van der Waals surface area contributed by atoms with Crippen LogP contribution in [0.5, 0.6) is 0 Å². The van der Waals surface area contributed by atoms with Crippen molar-refractivity contribution >= 4 is 17.5 Å². The second-order valence-electron chi connectivity index (χ2n) is 7.66. The predicted molar refractivity (Wildman–Crippen MR) is 101 cm³/mol. The van der Waals surface area contributed by atoms with E-state index in [0.29, 0.717) is 11.8 Å². The van der Waals surface area contributed by atoms with Crippen LogP contribution in [0, 0.1) is 17.8 Å². The van der Waals surface area contributed by atoms with Crippen molar-refractivity contribution in [3.63, 3.8) is 0 Å². The van der Waals surface area contributed by atoms with Crippen LogP contribution >= 0.6 is 11.6 Å². The smallest absolute Gasteiger partial charge is 0.223 e. The van der Waals surface area contributed by atoms with E-state index in [-0.39, 0.29) is 17.9 Å². The van der Waals surface area contributed by atoms with Crippen LogP contribution in [0.15, 0.2) is 24.3 Å². The molecule has 0 aliphatic carbocycles. The third-order valence-corrected chi connectivity index (χ3v) is 5.42. The Labute approximate surface area is 151 Å². The highest BCUT2D eigenvalue weighted by atomic mass is 35.5. The van der Waals surface area contributed by atoms with Crippen LogP contribution in [-0.2, 0) is 11.3 Å². The number of nitrogens with zero attached hydrogens (tertiary/aromatic N) is 1. The van der Waals surface area contributed by atoms with E-state index in [9.17, 15) is 4.79 Å². The molecule has 1 heterocycles. The van der Waals surface area contributed by atoms with Gasteiger partial charge < -0.3 is 5.32 Å². The van der Waals surface area contributed by atoms with E-state index in [4.69, 9.17) is 11.6 Å². The van der Waals surface area contributed by atoms with Crippen molar-refractivity contribution in [1.29, 1.82) is 0 Å². The molecule has 0 radical (unpaired) electrons. The van der Waals surface area contributed by atoms with Gasteiger partial charge in [-0.05, 0) is 49.4 Å². The number of amides is 1. The standard InChI is InChI=1S/C20H31ClN2O/c1-14(2)19(15(3)4)22-20(24)16-9-11-23(12-10-16)13-17-7-5-6-8-18(17)21/h5-8,14-16,19H,9-13H2,1-4H3,(H,22,24). The first-order valence-electron chi connectivity index (χ1n) is 9.14. The Morgan fingerprint density at radius 2 is 1.75 bits per heavy atom.